The van der Waals surface area contributed by atoms with Gasteiger partial charge in [-0.3, -0.25) is 14.9 Å². The zero-order valence-corrected chi connectivity index (χ0v) is 19.6. The molecule has 1 aromatic rings. The Morgan fingerprint density at radius 1 is 1.21 bits per heavy atom. The number of nitrogens with one attached hydrogen (secondary N) is 1. The summed E-state index contributed by atoms with van der Waals surface area (Å²) in [5, 5.41) is 12.3. The van der Waals surface area contributed by atoms with E-state index in [9.17, 15) is 24.5 Å². The molecule has 0 spiro atoms. The number of rotatable bonds is 14. The average molecular weight is 480 g/mol. The summed E-state index contributed by atoms with van der Waals surface area (Å²) in [7, 11) is 0. The van der Waals surface area contributed by atoms with Crippen LogP contribution >= 0.6 is 0 Å². The lowest BCUT2D eigenvalue weighted by molar-refractivity contribution is -0.757. The predicted octanol–water partition coefficient (Wildman–Crippen LogP) is 1.66. The highest BCUT2D eigenvalue weighted by atomic mass is 16.9. The van der Waals surface area contributed by atoms with Crippen molar-refractivity contribution in [3.63, 3.8) is 0 Å². The molecule has 0 radical (unpaired) electrons. The minimum atomic E-state index is -0.906. The SMILES string of the molecule is CCOC(=O)C(CCc1ccccc1)NC(C)C(=O)N1CCC[C@H]1C(=O)OCCCO[N+](=O)[O-]. The summed E-state index contributed by atoms with van der Waals surface area (Å²) in [6.45, 7) is 3.81. The summed E-state index contributed by atoms with van der Waals surface area (Å²) in [5.74, 6) is -1.28. The molecule has 1 N–H and O–H groups in total. The molecule has 1 aliphatic heterocycles. The molecule has 3 atom stereocenters. The lowest BCUT2D eigenvalue weighted by Crippen LogP contribution is -2.53. The van der Waals surface area contributed by atoms with Crippen LogP contribution in [0, 0.1) is 10.1 Å². The number of amides is 1. The van der Waals surface area contributed by atoms with Gasteiger partial charge in [-0.25, -0.2) is 4.79 Å². The molecular formula is C23H33N3O8. The van der Waals surface area contributed by atoms with E-state index in [0.717, 1.165) is 5.56 Å². The Morgan fingerprint density at radius 3 is 2.62 bits per heavy atom. The van der Waals surface area contributed by atoms with Gasteiger partial charge in [-0.2, -0.15) is 0 Å². The highest BCUT2D eigenvalue weighted by Gasteiger charge is 2.38. The van der Waals surface area contributed by atoms with Crippen molar-refractivity contribution in [2.24, 2.45) is 0 Å². The molecule has 1 amide bonds. The van der Waals surface area contributed by atoms with Gasteiger partial charge in [-0.05, 0) is 45.1 Å². The van der Waals surface area contributed by atoms with Crippen molar-refractivity contribution in [3.05, 3.63) is 46.0 Å². The normalized spacial score (nSPS) is 17.0. The summed E-state index contributed by atoms with van der Waals surface area (Å²) < 4.78 is 10.4. The third-order valence-corrected chi connectivity index (χ3v) is 5.49. The Labute approximate surface area is 198 Å². The third-order valence-electron chi connectivity index (χ3n) is 5.49. The molecular weight excluding hydrogens is 446 g/mol. The molecule has 2 rings (SSSR count). The quantitative estimate of drug-likeness (QED) is 0.183. The second-order valence-electron chi connectivity index (χ2n) is 7.98. The molecule has 34 heavy (non-hydrogen) atoms. The largest absolute Gasteiger partial charge is 0.465 e. The van der Waals surface area contributed by atoms with Crippen LogP contribution in [-0.2, 0) is 35.1 Å². The van der Waals surface area contributed by atoms with Crippen molar-refractivity contribution in [3.8, 4) is 0 Å². The first-order valence-corrected chi connectivity index (χ1v) is 11.5. The highest BCUT2D eigenvalue weighted by molar-refractivity contribution is 5.88. The molecule has 1 aromatic carbocycles. The Morgan fingerprint density at radius 2 is 1.94 bits per heavy atom. The lowest BCUT2D eigenvalue weighted by atomic mass is 10.0. The number of aryl methyl sites for hydroxylation is 1. The van der Waals surface area contributed by atoms with Crippen molar-refractivity contribution >= 4 is 17.8 Å². The summed E-state index contributed by atoms with van der Waals surface area (Å²) >= 11 is 0. The van der Waals surface area contributed by atoms with Gasteiger partial charge in [0.05, 0.1) is 25.9 Å². The molecule has 188 valence electrons. The first-order chi connectivity index (χ1) is 16.3. The molecule has 0 saturated carbocycles. The zero-order valence-electron chi connectivity index (χ0n) is 19.6. The maximum absolute atomic E-state index is 13.1. The summed E-state index contributed by atoms with van der Waals surface area (Å²) in [6, 6.07) is 7.61. The lowest BCUT2D eigenvalue weighted by Gasteiger charge is -2.28. The van der Waals surface area contributed by atoms with Gasteiger partial charge in [0, 0.05) is 13.0 Å². The maximum Gasteiger partial charge on any atom is 0.328 e. The van der Waals surface area contributed by atoms with Crippen molar-refractivity contribution in [2.45, 2.75) is 64.1 Å². The van der Waals surface area contributed by atoms with Crippen LogP contribution in [-0.4, -0.2) is 72.3 Å². The maximum atomic E-state index is 13.1. The number of esters is 2. The minimum Gasteiger partial charge on any atom is -0.465 e. The monoisotopic (exact) mass is 479 g/mol. The van der Waals surface area contributed by atoms with E-state index in [-0.39, 0.29) is 32.1 Å². The standard InChI is InChI=1S/C23H33N3O8/c1-3-32-22(28)19(13-12-18-9-5-4-6-10-18)24-17(2)21(27)25-14-7-11-20(25)23(29)33-15-8-16-34-26(30)31/h4-6,9-10,17,19-20,24H,3,7-8,11-16H2,1-2H3/t17?,19?,20-/m0/s1. The van der Waals surface area contributed by atoms with E-state index in [0.29, 0.717) is 32.2 Å². The molecule has 1 aliphatic rings. The van der Waals surface area contributed by atoms with Crippen LogP contribution in [0.25, 0.3) is 0 Å². The van der Waals surface area contributed by atoms with Crippen LogP contribution in [0.4, 0.5) is 0 Å². The molecule has 2 unspecified atom stereocenters. The number of ether oxygens (including phenoxy) is 2. The highest BCUT2D eigenvalue weighted by Crippen LogP contribution is 2.20. The van der Waals surface area contributed by atoms with Gasteiger partial charge < -0.3 is 19.2 Å². The molecule has 1 heterocycles. The molecule has 0 bridgehead atoms. The van der Waals surface area contributed by atoms with E-state index in [1.807, 2.05) is 30.3 Å². The Balaban J connectivity index is 1.92. The fourth-order valence-corrected chi connectivity index (χ4v) is 3.83. The molecule has 0 aliphatic carbocycles. The van der Waals surface area contributed by atoms with Crippen LogP contribution in [0.1, 0.15) is 45.1 Å². The number of likely N-dealkylation sites (tertiary alicyclic amines) is 1. The topological polar surface area (TPSA) is 137 Å². The van der Waals surface area contributed by atoms with Crippen LogP contribution in [0.2, 0.25) is 0 Å². The van der Waals surface area contributed by atoms with Crippen molar-refractivity contribution < 1.29 is 33.8 Å². The second-order valence-corrected chi connectivity index (χ2v) is 7.98. The number of carbonyl (C=O) groups is 3. The van der Waals surface area contributed by atoms with E-state index in [2.05, 4.69) is 10.2 Å². The fourth-order valence-electron chi connectivity index (χ4n) is 3.83. The zero-order chi connectivity index (χ0) is 24.9. The first kappa shape index (κ1) is 27.0. The van der Waals surface area contributed by atoms with Crippen LogP contribution in [0.3, 0.4) is 0 Å². The van der Waals surface area contributed by atoms with Crippen molar-refractivity contribution in [2.75, 3.05) is 26.4 Å². The van der Waals surface area contributed by atoms with Gasteiger partial charge in [0.15, 0.2) is 0 Å². The summed E-state index contributed by atoms with van der Waals surface area (Å²) in [6.07, 6.45) is 2.39. The number of hydrogen-bond acceptors (Lipinski definition) is 9. The van der Waals surface area contributed by atoms with Gasteiger partial charge in [0.1, 0.15) is 12.1 Å². The minimum absolute atomic E-state index is 0.0383. The van der Waals surface area contributed by atoms with Crippen molar-refractivity contribution in [1.82, 2.24) is 10.2 Å². The summed E-state index contributed by atoms with van der Waals surface area (Å²) in [4.78, 5) is 53.9. The average Bonchev–Trinajstić information content (AvgIpc) is 3.31. The van der Waals surface area contributed by atoms with Crippen LogP contribution in [0.15, 0.2) is 30.3 Å². The summed E-state index contributed by atoms with van der Waals surface area (Å²) in [5.41, 5.74) is 1.07. The first-order valence-electron chi connectivity index (χ1n) is 11.5. The van der Waals surface area contributed by atoms with E-state index < -0.39 is 35.2 Å². The van der Waals surface area contributed by atoms with Gasteiger partial charge in [0.25, 0.3) is 5.09 Å². The van der Waals surface area contributed by atoms with Crippen molar-refractivity contribution in [1.29, 1.82) is 0 Å². The van der Waals surface area contributed by atoms with E-state index in [1.54, 1.807) is 13.8 Å². The molecule has 1 fully saturated rings. The molecule has 11 heteroatoms. The third kappa shape index (κ3) is 8.62. The predicted molar refractivity (Wildman–Crippen MR) is 121 cm³/mol. The number of hydrogen-bond donors (Lipinski definition) is 1. The van der Waals surface area contributed by atoms with Gasteiger partial charge in [-0.15, -0.1) is 10.1 Å². The number of carbonyl (C=O) groups excluding carboxylic acids is 3. The second kappa shape index (κ2) is 14.1. The molecule has 11 nitrogen and oxygen atoms in total. The van der Waals surface area contributed by atoms with Gasteiger partial charge in [-0.1, -0.05) is 30.3 Å². The number of benzene rings is 1. The van der Waals surface area contributed by atoms with E-state index >= 15 is 0 Å². The number of nitrogens with zero attached hydrogens (tertiary/aromatic N) is 2. The molecule has 1 saturated heterocycles. The Hall–Kier alpha value is -3.21. The smallest absolute Gasteiger partial charge is 0.328 e. The Bertz CT molecular complexity index is 820. The van der Waals surface area contributed by atoms with E-state index in [4.69, 9.17) is 9.47 Å². The van der Waals surface area contributed by atoms with Gasteiger partial charge >= 0.3 is 11.9 Å². The van der Waals surface area contributed by atoms with Crippen LogP contribution in [0.5, 0.6) is 0 Å². The van der Waals surface area contributed by atoms with E-state index in [1.165, 1.54) is 4.90 Å². The fraction of sp³-hybridized carbons (Fsp3) is 0.609. The van der Waals surface area contributed by atoms with Gasteiger partial charge in [0.2, 0.25) is 5.91 Å². The van der Waals surface area contributed by atoms with Crippen LogP contribution < -0.4 is 5.32 Å². The molecule has 0 aromatic heterocycles. The Kier molecular flexibility index (Phi) is 11.2.